The summed E-state index contributed by atoms with van der Waals surface area (Å²) in [6, 6.07) is 8.05. The minimum absolute atomic E-state index is 0.0268. The highest BCUT2D eigenvalue weighted by atomic mass is 32.1. The molecule has 0 unspecified atom stereocenters. The Morgan fingerprint density at radius 1 is 1.22 bits per heavy atom. The summed E-state index contributed by atoms with van der Waals surface area (Å²) in [5.41, 5.74) is 5.61. The fourth-order valence-corrected chi connectivity index (χ4v) is 4.15. The predicted molar refractivity (Wildman–Crippen MR) is 105 cm³/mol. The van der Waals surface area contributed by atoms with Gasteiger partial charge in [0.25, 0.3) is 0 Å². The van der Waals surface area contributed by atoms with E-state index in [1.807, 2.05) is 31.3 Å². The average Bonchev–Trinajstić information content (AvgIpc) is 3.10. The van der Waals surface area contributed by atoms with Gasteiger partial charge in [-0.1, -0.05) is 11.2 Å². The molecule has 0 spiro atoms. The molecule has 0 fully saturated rings. The number of alkyl halides is 1. The van der Waals surface area contributed by atoms with Crippen molar-refractivity contribution >= 4 is 17.0 Å². The van der Waals surface area contributed by atoms with Crippen LogP contribution < -0.4 is 0 Å². The number of aryl methyl sites for hydroxylation is 2. The van der Waals surface area contributed by atoms with E-state index in [4.69, 9.17) is 14.8 Å². The number of pyridine rings is 2. The van der Waals surface area contributed by atoms with Gasteiger partial charge in [-0.05, 0) is 49.9 Å². The van der Waals surface area contributed by atoms with E-state index in [1.54, 1.807) is 17.5 Å². The van der Waals surface area contributed by atoms with E-state index in [9.17, 15) is 4.39 Å². The second kappa shape index (κ2) is 7.92. The highest BCUT2D eigenvalue weighted by Gasteiger charge is 2.20. The molecule has 27 heavy (non-hydrogen) atoms. The molecule has 3 aromatic heterocycles. The van der Waals surface area contributed by atoms with Crippen LogP contribution in [0.2, 0.25) is 0 Å². The molecule has 0 atom stereocenters. The van der Waals surface area contributed by atoms with Crippen molar-refractivity contribution < 1.29 is 9.23 Å². The van der Waals surface area contributed by atoms with Crippen molar-refractivity contribution in [3.05, 3.63) is 53.6 Å². The fourth-order valence-electron chi connectivity index (χ4n) is 3.12. The van der Waals surface area contributed by atoms with Crippen molar-refractivity contribution in [1.29, 1.82) is 0 Å². The lowest BCUT2D eigenvalue weighted by molar-refractivity contribution is 0.127. The van der Waals surface area contributed by atoms with Crippen molar-refractivity contribution in [1.82, 2.24) is 15.0 Å². The molecule has 7 heteroatoms. The zero-order chi connectivity index (χ0) is 18.6. The highest BCUT2D eigenvalue weighted by molar-refractivity contribution is 7.18. The third kappa shape index (κ3) is 3.73. The highest BCUT2D eigenvalue weighted by Crippen LogP contribution is 2.35. The number of halogens is 1. The van der Waals surface area contributed by atoms with Crippen LogP contribution in [-0.2, 0) is 11.3 Å². The smallest absolute Gasteiger partial charge is 0.145 e. The van der Waals surface area contributed by atoms with Gasteiger partial charge in [-0.2, -0.15) is 0 Å². The Labute approximate surface area is 161 Å². The second-order valence-electron chi connectivity index (χ2n) is 6.29. The number of hydrogen-bond donors (Lipinski definition) is 0. The molecule has 1 aliphatic carbocycles. The molecule has 138 valence electrons. The third-order valence-electron chi connectivity index (χ3n) is 4.39. The molecule has 0 saturated carbocycles. The first-order valence-electron chi connectivity index (χ1n) is 8.89. The predicted octanol–water partition coefficient (Wildman–Crippen LogP) is 4.60. The van der Waals surface area contributed by atoms with Crippen LogP contribution in [0.5, 0.6) is 0 Å². The number of thiazole rings is 1. The van der Waals surface area contributed by atoms with Crippen LogP contribution in [-0.4, -0.2) is 33.9 Å². The number of oxime groups is 1. The third-order valence-corrected chi connectivity index (χ3v) is 5.62. The molecule has 0 aliphatic heterocycles. The van der Waals surface area contributed by atoms with Gasteiger partial charge in [-0.3, -0.25) is 4.98 Å². The molecule has 3 aromatic rings. The minimum atomic E-state index is -0.547. The molecule has 0 amide bonds. The van der Waals surface area contributed by atoms with E-state index in [2.05, 4.69) is 16.2 Å². The zero-order valence-electron chi connectivity index (χ0n) is 15.0. The van der Waals surface area contributed by atoms with E-state index in [-0.39, 0.29) is 6.61 Å². The quantitative estimate of drug-likeness (QED) is 0.478. The summed E-state index contributed by atoms with van der Waals surface area (Å²) in [7, 11) is 0. The van der Waals surface area contributed by atoms with E-state index < -0.39 is 6.67 Å². The summed E-state index contributed by atoms with van der Waals surface area (Å²) >= 11 is 1.60. The Hall–Kier alpha value is -2.67. The van der Waals surface area contributed by atoms with Crippen LogP contribution in [0.4, 0.5) is 4.39 Å². The lowest BCUT2D eigenvalue weighted by Crippen LogP contribution is -2.15. The summed E-state index contributed by atoms with van der Waals surface area (Å²) in [4.78, 5) is 19.8. The largest absolute Gasteiger partial charge is 0.393 e. The first-order chi connectivity index (χ1) is 13.3. The van der Waals surface area contributed by atoms with Crippen LogP contribution in [0.1, 0.15) is 29.8 Å². The first-order valence-corrected chi connectivity index (χ1v) is 9.71. The van der Waals surface area contributed by atoms with Gasteiger partial charge in [0, 0.05) is 18.0 Å². The van der Waals surface area contributed by atoms with Gasteiger partial charge < -0.3 is 4.84 Å². The van der Waals surface area contributed by atoms with Gasteiger partial charge >= 0.3 is 0 Å². The zero-order valence-corrected chi connectivity index (χ0v) is 15.8. The van der Waals surface area contributed by atoms with Crippen LogP contribution >= 0.6 is 11.3 Å². The SMILES string of the molecule is Cc1nc(-c2cccnc2)sc1-c1ccc2c(n1)C(=NOCCF)CCC2. The van der Waals surface area contributed by atoms with E-state index in [0.717, 1.165) is 63.1 Å². The molecule has 0 saturated heterocycles. The Balaban J connectivity index is 1.71. The Morgan fingerprint density at radius 3 is 2.96 bits per heavy atom. The molecule has 5 nitrogen and oxygen atoms in total. The van der Waals surface area contributed by atoms with Crippen molar-refractivity contribution in [2.45, 2.75) is 26.2 Å². The van der Waals surface area contributed by atoms with E-state index in [1.165, 1.54) is 0 Å². The topological polar surface area (TPSA) is 60.3 Å². The van der Waals surface area contributed by atoms with Crippen LogP contribution in [0.25, 0.3) is 21.1 Å². The van der Waals surface area contributed by atoms with E-state index >= 15 is 0 Å². The maximum atomic E-state index is 12.3. The van der Waals surface area contributed by atoms with Crippen LogP contribution in [0.15, 0.2) is 41.8 Å². The normalized spacial score (nSPS) is 15.0. The average molecular weight is 382 g/mol. The number of hydrogen-bond acceptors (Lipinski definition) is 6. The molecule has 1 aliphatic rings. The number of fused-ring (bicyclic) bond motifs is 1. The molecule has 0 aromatic carbocycles. The second-order valence-corrected chi connectivity index (χ2v) is 7.29. The van der Waals surface area contributed by atoms with Gasteiger partial charge in [-0.15, -0.1) is 11.3 Å². The van der Waals surface area contributed by atoms with Crippen molar-refractivity contribution in [2.24, 2.45) is 5.16 Å². The maximum absolute atomic E-state index is 12.3. The Kier molecular flexibility index (Phi) is 5.20. The van der Waals surface area contributed by atoms with Crippen molar-refractivity contribution in [3.8, 4) is 21.1 Å². The molecule has 0 bridgehead atoms. The van der Waals surface area contributed by atoms with Crippen LogP contribution in [0.3, 0.4) is 0 Å². The van der Waals surface area contributed by atoms with E-state index in [0.29, 0.717) is 0 Å². The Morgan fingerprint density at radius 2 is 2.15 bits per heavy atom. The minimum Gasteiger partial charge on any atom is -0.393 e. The van der Waals surface area contributed by atoms with Gasteiger partial charge in [0.2, 0.25) is 0 Å². The molecule has 0 radical (unpaired) electrons. The monoisotopic (exact) mass is 382 g/mol. The first kappa shape index (κ1) is 17.7. The van der Waals surface area contributed by atoms with Gasteiger partial charge in [-0.25, -0.2) is 14.4 Å². The molecular weight excluding hydrogens is 363 g/mol. The van der Waals surface area contributed by atoms with Crippen LogP contribution in [0, 0.1) is 6.92 Å². The Bertz CT molecular complexity index is 971. The summed E-state index contributed by atoms with van der Waals surface area (Å²) in [6.07, 6.45) is 6.32. The summed E-state index contributed by atoms with van der Waals surface area (Å²) < 4.78 is 12.3. The lowest BCUT2D eigenvalue weighted by Gasteiger charge is -2.17. The fraction of sp³-hybridized carbons (Fsp3) is 0.300. The van der Waals surface area contributed by atoms with Crippen molar-refractivity contribution in [3.63, 3.8) is 0 Å². The standard InChI is InChI=1S/C20H19FN4OS/c1-13-19(27-20(23-13)15-5-3-10-22-12-15)17-8-7-14-4-2-6-16(18(14)24-17)25-26-11-9-21/h3,5,7-8,10,12H,2,4,6,9,11H2,1H3. The lowest BCUT2D eigenvalue weighted by atomic mass is 9.94. The molecule has 3 heterocycles. The number of aromatic nitrogens is 3. The van der Waals surface area contributed by atoms with Gasteiger partial charge in [0.15, 0.2) is 0 Å². The van der Waals surface area contributed by atoms with Gasteiger partial charge in [0.05, 0.1) is 22.0 Å². The number of nitrogens with zero attached hydrogens (tertiary/aromatic N) is 4. The summed E-state index contributed by atoms with van der Waals surface area (Å²) in [5, 5.41) is 5.04. The molecule has 4 rings (SSSR count). The summed E-state index contributed by atoms with van der Waals surface area (Å²) in [6.45, 7) is 1.42. The molecular formula is C20H19FN4OS. The maximum Gasteiger partial charge on any atom is 0.145 e. The summed E-state index contributed by atoms with van der Waals surface area (Å²) in [5.74, 6) is 0. The van der Waals surface area contributed by atoms with Crippen molar-refractivity contribution in [2.75, 3.05) is 13.3 Å². The van der Waals surface area contributed by atoms with Gasteiger partial charge in [0.1, 0.15) is 24.0 Å². The molecule has 0 N–H and O–H groups in total. The number of rotatable bonds is 5.